The molecule has 0 heterocycles. The molecule has 1 aromatic rings. The predicted molar refractivity (Wildman–Crippen MR) is 76.4 cm³/mol. The quantitative estimate of drug-likeness (QED) is 0.483. The van der Waals surface area contributed by atoms with Crippen LogP contribution in [0.25, 0.3) is 0 Å². The Balaban J connectivity index is 2.38. The van der Waals surface area contributed by atoms with Gasteiger partial charge in [0.1, 0.15) is 0 Å². The van der Waals surface area contributed by atoms with E-state index in [1.807, 2.05) is 0 Å². The molecule has 0 aliphatic heterocycles. The molecule has 82 valence electrons. The lowest BCUT2D eigenvalue weighted by molar-refractivity contribution is 0.854. The lowest BCUT2D eigenvalue weighted by Gasteiger charge is -2.08. The van der Waals surface area contributed by atoms with E-state index in [4.69, 9.17) is 0 Å². The van der Waals surface area contributed by atoms with Gasteiger partial charge in [-0.15, -0.1) is 6.58 Å². The first-order valence-electron chi connectivity index (χ1n) is 5.24. The van der Waals surface area contributed by atoms with Crippen molar-refractivity contribution >= 4 is 28.3 Å². The molecule has 0 aromatic heterocycles. The second-order valence-corrected chi connectivity index (χ2v) is 5.11. The molecule has 1 nitrogen and oxygen atoms in total. The van der Waals surface area contributed by atoms with Gasteiger partial charge in [0.15, 0.2) is 0 Å². The Morgan fingerprint density at radius 2 is 2.20 bits per heavy atom. The third-order valence-corrected chi connectivity index (χ3v) is 3.48. The summed E-state index contributed by atoms with van der Waals surface area (Å²) < 4.78 is 1.32. The van der Waals surface area contributed by atoms with E-state index in [1.54, 1.807) is 0 Å². The first kappa shape index (κ1) is 12.6. The minimum atomic E-state index is 1.02. The van der Waals surface area contributed by atoms with Crippen LogP contribution >= 0.6 is 22.6 Å². The van der Waals surface area contributed by atoms with Crippen LogP contribution in [0.4, 0.5) is 5.69 Å². The minimum Gasteiger partial charge on any atom is -0.385 e. The Hall–Kier alpha value is -0.510. The summed E-state index contributed by atoms with van der Waals surface area (Å²) in [6.45, 7) is 9.14. The molecule has 0 bridgehead atoms. The number of hydrogen-bond acceptors (Lipinski definition) is 1. The van der Waals surface area contributed by atoms with Crippen molar-refractivity contribution in [3.8, 4) is 0 Å². The number of hydrogen-bond donors (Lipinski definition) is 1. The average Bonchev–Trinajstić information content (AvgIpc) is 2.18. The van der Waals surface area contributed by atoms with Crippen LogP contribution in [0, 0.1) is 10.5 Å². The Kier molecular flexibility index (Phi) is 5.15. The molecule has 0 aliphatic rings. The Morgan fingerprint density at radius 1 is 1.47 bits per heavy atom. The standard InChI is InChI=1S/C13H18IN/c1-10(2)5-4-8-15-12-6-7-13(14)11(3)9-12/h6-7,9,15H,1,4-5,8H2,2-3H3. The molecular formula is C13H18IN. The van der Waals surface area contributed by atoms with E-state index < -0.39 is 0 Å². The van der Waals surface area contributed by atoms with Gasteiger partial charge in [0.05, 0.1) is 0 Å². The topological polar surface area (TPSA) is 12.0 Å². The van der Waals surface area contributed by atoms with Crippen LogP contribution in [0.15, 0.2) is 30.4 Å². The zero-order valence-corrected chi connectivity index (χ0v) is 11.6. The van der Waals surface area contributed by atoms with Crippen molar-refractivity contribution in [1.29, 1.82) is 0 Å². The average molecular weight is 315 g/mol. The maximum Gasteiger partial charge on any atom is 0.0343 e. The third-order valence-electron chi connectivity index (χ3n) is 2.27. The van der Waals surface area contributed by atoms with Crippen molar-refractivity contribution in [2.45, 2.75) is 26.7 Å². The smallest absolute Gasteiger partial charge is 0.0343 e. The summed E-state index contributed by atoms with van der Waals surface area (Å²) in [5.41, 5.74) is 3.81. The van der Waals surface area contributed by atoms with E-state index in [-0.39, 0.29) is 0 Å². The molecule has 15 heavy (non-hydrogen) atoms. The fourth-order valence-corrected chi connectivity index (χ4v) is 1.71. The van der Waals surface area contributed by atoms with Gasteiger partial charge in [0, 0.05) is 15.8 Å². The van der Waals surface area contributed by atoms with Gasteiger partial charge in [-0.25, -0.2) is 0 Å². The van der Waals surface area contributed by atoms with E-state index in [0.717, 1.165) is 19.4 Å². The molecule has 0 spiro atoms. The molecule has 0 saturated heterocycles. The van der Waals surface area contributed by atoms with Gasteiger partial charge in [0.25, 0.3) is 0 Å². The number of aryl methyl sites for hydroxylation is 1. The number of nitrogens with one attached hydrogen (secondary N) is 1. The highest BCUT2D eigenvalue weighted by Gasteiger charge is 1.96. The maximum atomic E-state index is 3.90. The van der Waals surface area contributed by atoms with E-state index in [2.05, 4.69) is 66.5 Å². The highest BCUT2D eigenvalue weighted by molar-refractivity contribution is 14.1. The Bertz CT molecular complexity index is 344. The van der Waals surface area contributed by atoms with E-state index in [1.165, 1.54) is 20.4 Å². The van der Waals surface area contributed by atoms with E-state index in [0.29, 0.717) is 0 Å². The summed E-state index contributed by atoms with van der Waals surface area (Å²) in [7, 11) is 0. The second kappa shape index (κ2) is 6.16. The minimum absolute atomic E-state index is 1.02. The van der Waals surface area contributed by atoms with Crippen LogP contribution in [0.3, 0.4) is 0 Å². The van der Waals surface area contributed by atoms with Gasteiger partial charge in [-0.2, -0.15) is 0 Å². The summed E-state index contributed by atoms with van der Waals surface area (Å²) in [5.74, 6) is 0. The number of allylic oxidation sites excluding steroid dienone is 1. The monoisotopic (exact) mass is 315 g/mol. The Morgan fingerprint density at radius 3 is 2.80 bits per heavy atom. The molecular weight excluding hydrogens is 297 g/mol. The largest absolute Gasteiger partial charge is 0.385 e. The molecule has 0 unspecified atom stereocenters. The molecule has 0 fully saturated rings. The van der Waals surface area contributed by atoms with Gasteiger partial charge in [-0.3, -0.25) is 0 Å². The van der Waals surface area contributed by atoms with Crippen LogP contribution in [0.1, 0.15) is 25.3 Å². The lowest BCUT2D eigenvalue weighted by atomic mass is 10.2. The molecule has 0 amide bonds. The number of anilines is 1. The van der Waals surface area contributed by atoms with Crippen LogP contribution in [-0.4, -0.2) is 6.54 Å². The van der Waals surface area contributed by atoms with Crippen molar-refractivity contribution in [3.63, 3.8) is 0 Å². The summed E-state index contributed by atoms with van der Waals surface area (Å²) in [6, 6.07) is 6.48. The fourth-order valence-electron chi connectivity index (χ4n) is 1.38. The van der Waals surface area contributed by atoms with Crippen molar-refractivity contribution in [3.05, 3.63) is 39.5 Å². The zero-order chi connectivity index (χ0) is 11.3. The van der Waals surface area contributed by atoms with Crippen molar-refractivity contribution in [2.75, 3.05) is 11.9 Å². The molecule has 2 heteroatoms. The first-order valence-corrected chi connectivity index (χ1v) is 6.32. The van der Waals surface area contributed by atoms with E-state index >= 15 is 0 Å². The van der Waals surface area contributed by atoms with Gasteiger partial charge in [0.2, 0.25) is 0 Å². The predicted octanol–water partition coefficient (Wildman–Crippen LogP) is 4.37. The van der Waals surface area contributed by atoms with Crippen molar-refractivity contribution < 1.29 is 0 Å². The van der Waals surface area contributed by atoms with Crippen molar-refractivity contribution in [1.82, 2.24) is 0 Å². The number of halogens is 1. The fraction of sp³-hybridized carbons (Fsp3) is 0.385. The molecule has 1 rings (SSSR count). The third kappa shape index (κ3) is 4.69. The van der Waals surface area contributed by atoms with E-state index in [9.17, 15) is 0 Å². The van der Waals surface area contributed by atoms with Crippen molar-refractivity contribution in [2.24, 2.45) is 0 Å². The summed E-state index contributed by atoms with van der Waals surface area (Å²) >= 11 is 2.36. The molecule has 0 radical (unpaired) electrons. The zero-order valence-electron chi connectivity index (χ0n) is 9.44. The first-order chi connectivity index (χ1) is 7.09. The number of rotatable bonds is 5. The summed E-state index contributed by atoms with van der Waals surface area (Å²) in [4.78, 5) is 0. The van der Waals surface area contributed by atoms with Crippen LogP contribution in [0.5, 0.6) is 0 Å². The summed E-state index contributed by atoms with van der Waals surface area (Å²) in [6.07, 6.45) is 2.26. The molecule has 0 saturated carbocycles. The molecule has 0 atom stereocenters. The lowest BCUT2D eigenvalue weighted by Crippen LogP contribution is -2.01. The highest BCUT2D eigenvalue weighted by Crippen LogP contribution is 2.16. The highest BCUT2D eigenvalue weighted by atomic mass is 127. The SMILES string of the molecule is C=C(C)CCCNc1ccc(I)c(C)c1. The molecule has 1 aromatic carbocycles. The Labute approximate surface area is 106 Å². The van der Waals surface area contributed by atoms with Gasteiger partial charge < -0.3 is 5.32 Å². The second-order valence-electron chi connectivity index (χ2n) is 3.95. The van der Waals surface area contributed by atoms with Gasteiger partial charge >= 0.3 is 0 Å². The molecule has 0 aliphatic carbocycles. The summed E-state index contributed by atoms with van der Waals surface area (Å²) in [5, 5.41) is 3.42. The molecule has 1 N–H and O–H groups in total. The van der Waals surface area contributed by atoms with Gasteiger partial charge in [-0.1, -0.05) is 5.57 Å². The maximum absolute atomic E-state index is 3.90. The van der Waals surface area contributed by atoms with Crippen LogP contribution in [0.2, 0.25) is 0 Å². The van der Waals surface area contributed by atoms with Gasteiger partial charge in [-0.05, 0) is 73.0 Å². The normalized spacial score (nSPS) is 10.1. The number of benzene rings is 1. The van der Waals surface area contributed by atoms with Crippen LogP contribution in [-0.2, 0) is 0 Å². The van der Waals surface area contributed by atoms with Crippen LogP contribution < -0.4 is 5.32 Å².